The van der Waals surface area contributed by atoms with Gasteiger partial charge in [-0.25, -0.2) is 4.79 Å². The van der Waals surface area contributed by atoms with Crippen LogP contribution in [0.4, 0.5) is 16.2 Å². The Hall–Kier alpha value is -3.28. The van der Waals surface area contributed by atoms with Crippen molar-refractivity contribution in [2.45, 2.75) is 19.8 Å². The summed E-state index contributed by atoms with van der Waals surface area (Å²) >= 11 is 0. The van der Waals surface area contributed by atoms with Gasteiger partial charge in [-0.2, -0.15) is 0 Å². The molecule has 2 N–H and O–H groups in total. The summed E-state index contributed by atoms with van der Waals surface area (Å²) in [7, 11) is 0. The van der Waals surface area contributed by atoms with E-state index in [9.17, 15) is 9.59 Å². The molecule has 0 unspecified atom stereocenters. The van der Waals surface area contributed by atoms with Crippen LogP contribution < -0.4 is 15.4 Å². The third-order valence-electron chi connectivity index (χ3n) is 4.39. The average molecular weight is 379 g/mol. The normalized spacial score (nSPS) is 13.5. The lowest BCUT2D eigenvalue weighted by atomic mass is 10.2. The number of carbonyl (C=O) groups is 2. The molecule has 0 saturated carbocycles. The molecule has 1 aliphatic heterocycles. The van der Waals surface area contributed by atoms with E-state index in [1.807, 2.05) is 31.2 Å². The van der Waals surface area contributed by atoms with E-state index >= 15 is 0 Å². The van der Waals surface area contributed by atoms with Gasteiger partial charge in [-0.15, -0.1) is 0 Å². The minimum Gasteiger partial charge on any atom is -0.494 e. The summed E-state index contributed by atoms with van der Waals surface area (Å²) in [5.74, 6) is 0.564. The Kier molecular flexibility index (Phi) is 6.68. The Labute approximate surface area is 165 Å². The van der Waals surface area contributed by atoms with Crippen molar-refractivity contribution in [3.8, 4) is 5.75 Å². The van der Waals surface area contributed by atoms with Gasteiger partial charge in [-0.05, 0) is 61.7 Å². The number of nitrogens with zero attached hydrogens (tertiary/aromatic N) is 1. The number of ether oxygens (including phenoxy) is 1. The third-order valence-corrected chi connectivity index (χ3v) is 4.39. The molecule has 1 saturated heterocycles. The van der Waals surface area contributed by atoms with Crippen molar-refractivity contribution in [1.29, 1.82) is 0 Å². The fourth-order valence-electron chi connectivity index (χ4n) is 3.00. The van der Waals surface area contributed by atoms with Crippen LogP contribution in [0.15, 0.2) is 54.6 Å². The van der Waals surface area contributed by atoms with Gasteiger partial charge in [0.1, 0.15) is 5.75 Å². The predicted molar refractivity (Wildman–Crippen MR) is 112 cm³/mol. The van der Waals surface area contributed by atoms with Crippen molar-refractivity contribution >= 4 is 29.4 Å². The Morgan fingerprint density at radius 2 is 1.71 bits per heavy atom. The van der Waals surface area contributed by atoms with Crippen LogP contribution in [0.2, 0.25) is 0 Å². The summed E-state index contributed by atoms with van der Waals surface area (Å²) in [5.41, 5.74) is 2.19. The molecule has 0 aliphatic carbocycles. The number of carbonyl (C=O) groups excluding carboxylic acids is 2. The van der Waals surface area contributed by atoms with Crippen LogP contribution >= 0.6 is 0 Å². The second-order valence-electron chi connectivity index (χ2n) is 6.53. The number of rotatable bonds is 6. The molecular weight excluding hydrogens is 354 g/mol. The number of benzene rings is 2. The van der Waals surface area contributed by atoms with Crippen LogP contribution in [0.3, 0.4) is 0 Å². The van der Waals surface area contributed by atoms with Gasteiger partial charge in [0.25, 0.3) is 0 Å². The number of hydrogen-bond donors (Lipinski definition) is 2. The first-order valence-electron chi connectivity index (χ1n) is 9.52. The van der Waals surface area contributed by atoms with E-state index in [0.29, 0.717) is 18.0 Å². The number of likely N-dealkylation sites (tertiary alicyclic amines) is 1. The quantitative estimate of drug-likeness (QED) is 0.733. The molecule has 0 bridgehead atoms. The van der Waals surface area contributed by atoms with Crippen molar-refractivity contribution in [3.63, 3.8) is 0 Å². The largest absolute Gasteiger partial charge is 0.494 e. The zero-order chi connectivity index (χ0) is 19.8. The molecule has 0 radical (unpaired) electrons. The zero-order valence-corrected chi connectivity index (χ0v) is 16.0. The van der Waals surface area contributed by atoms with E-state index < -0.39 is 0 Å². The van der Waals surface area contributed by atoms with Gasteiger partial charge in [-0.3, -0.25) is 4.79 Å². The van der Waals surface area contributed by atoms with Gasteiger partial charge < -0.3 is 20.3 Å². The van der Waals surface area contributed by atoms with E-state index in [2.05, 4.69) is 10.6 Å². The van der Waals surface area contributed by atoms with Crippen molar-refractivity contribution in [3.05, 3.63) is 60.2 Å². The summed E-state index contributed by atoms with van der Waals surface area (Å²) in [6.07, 6.45) is 5.31. The molecule has 2 aromatic rings. The first-order valence-corrected chi connectivity index (χ1v) is 9.52. The molecule has 6 nitrogen and oxygen atoms in total. The highest BCUT2D eigenvalue weighted by Crippen LogP contribution is 2.17. The van der Waals surface area contributed by atoms with Gasteiger partial charge in [0.15, 0.2) is 0 Å². The summed E-state index contributed by atoms with van der Waals surface area (Å²) in [5, 5.41) is 5.69. The smallest absolute Gasteiger partial charge is 0.321 e. The molecule has 3 rings (SSSR count). The van der Waals surface area contributed by atoms with Gasteiger partial charge >= 0.3 is 6.03 Å². The maximum Gasteiger partial charge on any atom is 0.321 e. The molecule has 3 amide bonds. The lowest BCUT2D eigenvalue weighted by Gasteiger charge is -2.16. The van der Waals surface area contributed by atoms with Gasteiger partial charge in [0.05, 0.1) is 6.61 Å². The van der Waals surface area contributed by atoms with Gasteiger partial charge in [0.2, 0.25) is 5.91 Å². The van der Waals surface area contributed by atoms with Crippen molar-refractivity contribution < 1.29 is 14.3 Å². The summed E-state index contributed by atoms with van der Waals surface area (Å²) in [6.45, 7) is 4.14. The number of anilines is 2. The summed E-state index contributed by atoms with van der Waals surface area (Å²) < 4.78 is 5.40. The lowest BCUT2D eigenvalue weighted by Crippen LogP contribution is -2.32. The highest BCUT2D eigenvalue weighted by molar-refractivity contribution is 6.02. The molecule has 0 aromatic heterocycles. The van der Waals surface area contributed by atoms with Gasteiger partial charge in [-0.1, -0.05) is 18.2 Å². The third kappa shape index (κ3) is 5.61. The van der Waals surface area contributed by atoms with Crippen LogP contribution in [0.1, 0.15) is 25.3 Å². The van der Waals surface area contributed by atoms with Crippen LogP contribution in [-0.4, -0.2) is 36.5 Å². The Balaban J connectivity index is 1.55. The van der Waals surface area contributed by atoms with E-state index in [1.165, 1.54) is 6.08 Å². The first kappa shape index (κ1) is 19.5. The van der Waals surface area contributed by atoms with E-state index in [1.54, 1.807) is 35.2 Å². The maximum absolute atomic E-state index is 12.2. The van der Waals surface area contributed by atoms with Crippen LogP contribution in [0, 0.1) is 0 Å². The number of nitrogens with one attached hydrogen (secondary N) is 2. The molecule has 0 atom stereocenters. The first-order chi connectivity index (χ1) is 13.6. The molecule has 1 aliphatic rings. The molecular formula is C22H25N3O3. The monoisotopic (exact) mass is 379 g/mol. The highest BCUT2D eigenvalue weighted by atomic mass is 16.5. The Bertz CT molecular complexity index is 840. The van der Waals surface area contributed by atoms with Crippen molar-refractivity contribution in [2.75, 3.05) is 30.3 Å². The van der Waals surface area contributed by atoms with E-state index in [-0.39, 0.29) is 11.9 Å². The van der Waals surface area contributed by atoms with Crippen molar-refractivity contribution in [1.82, 2.24) is 4.90 Å². The van der Waals surface area contributed by atoms with Crippen LogP contribution in [0.5, 0.6) is 5.75 Å². The van der Waals surface area contributed by atoms with E-state index in [4.69, 9.17) is 4.74 Å². The minimum absolute atomic E-state index is 0.101. The zero-order valence-electron chi connectivity index (χ0n) is 16.0. The second-order valence-corrected chi connectivity index (χ2v) is 6.53. The van der Waals surface area contributed by atoms with E-state index in [0.717, 1.165) is 37.2 Å². The Morgan fingerprint density at radius 1 is 1.04 bits per heavy atom. The maximum atomic E-state index is 12.2. The fourth-order valence-corrected chi connectivity index (χ4v) is 3.00. The second kappa shape index (κ2) is 9.60. The molecule has 2 aromatic carbocycles. The Morgan fingerprint density at radius 3 is 2.39 bits per heavy atom. The summed E-state index contributed by atoms with van der Waals surface area (Å²) in [4.78, 5) is 26.2. The molecule has 28 heavy (non-hydrogen) atoms. The average Bonchev–Trinajstić information content (AvgIpc) is 3.23. The minimum atomic E-state index is -0.239. The highest BCUT2D eigenvalue weighted by Gasteiger charge is 2.17. The number of urea groups is 1. The van der Waals surface area contributed by atoms with Gasteiger partial charge in [0, 0.05) is 30.5 Å². The lowest BCUT2D eigenvalue weighted by molar-refractivity contribution is -0.111. The summed E-state index contributed by atoms with van der Waals surface area (Å²) in [6, 6.07) is 14.6. The van der Waals surface area contributed by atoms with Crippen LogP contribution in [0.25, 0.3) is 6.08 Å². The van der Waals surface area contributed by atoms with Crippen LogP contribution in [-0.2, 0) is 4.79 Å². The molecule has 146 valence electrons. The number of amides is 3. The SMILES string of the molecule is CCOc1ccc(/C=C/C(=O)Nc2cccc(NC(=O)N3CCCC3)c2)cc1. The van der Waals surface area contributed by atoms with Crippen molar-refractivity contribution in [2.24, 2.45) is 0 Å². The molecule has 1 fully saturated rings. The predicted octanol–water partition coefficient (Wildman–Crippen LogP) is 4.36. The standard InChI is InChI=1S/C22H25N3O3/c1-2-28-20-11-8-17(9-12-20)10-13-21(26)23-18-6-5-7-19(16-18)24-22(27)25-14-3-4-15-25/h5-13,16H,2-4,14-15H2,1H3,(H,23,26)(H,24,27)/b13-10+. The molecule has 1 heterocycles. The molecule has 6 heteroatoms. The topological polar surface area (TPSA) is 70.7 Å². The number of hydrogen-bond acceptors (Lipinski definition) is 3. The fraction of sp³-hybridized carbons (Fsp3) is 0.273. The molecule has 0 spiro atoms.